The molecule has 1 aromatic heterocycles. The van der Waals surface area contributed by atoms with Crippen molar-refractivity contribution >= 4 is 21.6 Å². The van der Waals surface area contributed by atoms with Crippen molar-refractivity contribution in [1.82, 2.24) is 14.9 Å². The fourth-order valence-corrected chi connectivity index (χ4v) is 3.59. The molecule has 0 radical (unpaired) electrons. The van der Waals surface area contributed by atoms with E-state index in [0.29, 0.717) is 12.2 Å². The van der Waals surface area contributed by atoms with Gasteiger partial charge in [-0.3, -0.25) is 0 Å². The Morgan fingerprint density at radius 3 is 2.92 bits per heavy atom. The Morgan fingerprint density at radius 1 is 1.38 bits per heavy atom. The van der Waals surface area contributed by atoms with Crippen LogP contribution in [-0.2, 0) is 9.84 Å². The Morgan fingerprint density at radius 2 is 2.21 bits per heavy atom. The molecule has 3 rings (SSSR count). The van der Waals surface area contributed by atoms with Crippen LogP contribution in [0.3, 0.4) is 0 Å². The molecule has 1 atom stereocenters. The van der Waals surface area contributed by atoms with Gasteiger partial charge in [0.2, 0.25) is 0 Å². The van der Waals surface area contributed by atoms with Crippen LogP contribution in [0.2, 0.25) is 0 Å². The van der Waals surface area contributed by atoms with Crippen LogP contribution in [0.4, 0.5) is 10.5 Å². The van der Waals surface area contributed by atoms with E-state index in [2.05, 4.69) is 15.3 Å². The van der Waals surface area contributed by atoms with Crippen molar-refractivity contribution in [1.29, 1.82) is 0 Å². The molecule has 1 fully saturated rings. The van der Waals surface area contributed by atoms with Crippen LogP contribution in [0.1, 0.15) is 31.1 Å². The number of hydrogen-bond donors (Lipinski definition) is 2. The standard InChI is InChI=1S/C16H20N4O3S/c1-24(22,23)13-6-4-5-12(11-13)19-16(21)20-10-3-2-7-14(20)15-17-8-9-18-15/h4-6,8-9,11,14H,2-3,7,10H2,1H3,(H,17,18)(H,19,21)/t14-/m1/s1. The topological polar surface area (TPSA) is 95.2 Å². The predicted molar refractivity (Wildman–Crippen MR) is 90.5 cm³/mol. The van der Waals surface area contributed by atoms with E-state index < -0.39 is 9.84 Å². The van der Waals surface area contributed by atoms with Gasteiger partial charge in [-0.25, -0.2) is 18.2 Å². The largest absolute Gasteiger partial charge is 0.347 e. The lowest BCUT2D eigenvalue weighted by Gasteiger charge is -2.34. The summed E-state index contributed by atoms with van der Waals surface area (Å²) in [5.41, 5.74) is 0.465. The SMILES string of the molecule is CS(=O)(=O)c1cccc(NC(=O)N2CCCC[C@@H]2c2ncc[nH]2)c1. The summed E-state index contributed by atoms with van der Waals surface area (Å²) in [6.07, 6.45) is 7.40. The smallest absolute Gasteiger partial charge is 0.322 e. The zero-order valence-electron chi connectivity index (χ0n) is 13.4. The van der Waals surface area contributed by atoms with E-state index in [1.165, 1.54) is 12.1 Å². The molecule has 7 nitrogen and oxygen atoms in total. The van der Waals surface area contributed by atoms with E-state index >= 15 is 0 Å². The molecule has 2 heterocycles. The van der Waals surface area contributed by atoms with Crippen molar-refractivity contribution in [3.63, 3.8) is 0 Å². The maximum absolute atomic E-state index is 12.7. The molecule has 24 heavy (non-hydrogen) atoms. The van der Waals surface area contributed by atoms with Crippen LogP contribution in [0.15, 0.2) is 41.6 Å². The van der Waals surface area contributed by atoms with Crippen molar-refractivity contribution in [3.05, 3.63) is 42.5 Å². The second kappa shape index (κ2) is 6.64. The van der Waals surface area contributed by atoms with Gasteiger partial charge in [-0.05, 0) is 37.5 Å². The molecule has 0 bridgehead atoms. The number of amides is 2. The van der Waals surface area contributed by atoms with Crippen molar-refractivity contribution in [2.75, 3.05) is 18.1 Å². The van der Waals surface area contributed by atoms with E-state index in [1.54, 1.807) is 29.4 Å². The number of aromatic amines is 1. The fourth-order valence-electron chi connectivity index (χ4n) is 2.92. The van der Waals surface area contributed by atoms with Gasteiger partial charge in [0.25, 0.3) is 0 Å². The number of benzene rings is 1. The van der Waals surface area contributed by atoms with Gasteiger partial charge in [0.15, 0.2) is 9.84 Å². The monoisotopic (exact) mass is 348 g/mol. The number of rotatable bonds is 3. The van der Waals surface area contributed by atoms with E-state index in [4.69, 9.17) is 0 Å². The van der Waals surface area contributed by atoms with Crippen molar-refractivity contribution < 1.29 is 13.2 Å². The molecule has 1 aromatic carbocycles. The highest BCUT2D eigenvalue weighted by Gasteiger charge is 2.29. The number of aromatic nitrogens is 2. The Labute approximate surface area is 141 Å². The van der Waals surface area contributed by atoms with Gasteiger partial charge in [0.05, 0.1) is 10.9 Å². The molecule has 0 saturated carbocycles. The zero-order chi connectivity index (χ0) is 17.2. The third kappa shape index (κ3) is 3.59. The fraction of sp³-hybridized carbons (Fsp3) is 0.375. The third-order valence-corrected chi connectivity index (χ3v) is 5.22. The number of anilines is 1. The van der Waals surface area contributed by atoms with Gasteiger partial charge in [0, 0.05) is 30.9 Å². The van der Waals surface area contributed by atoms with Crippen molar-refractivity contribution in [2.24, 2.45) is 0 Å². The quantitative estimate of drug-likeness (QED) is 0.891. The van der Waals surface area contributed by atoms with Crippen molar-refractivity contribution in [3.8, 4) is 0 Å². The summed E-state index contributed by atoms with van der Waals surface area (Å²) in [4.78, 5) is 21.9. The summed E-state index contributed by atoms with van der Waals surface area (Å²) in [7, 11) is -3.31. The second-order valence-electron chi connectivity index (χ2n) is 5.91. The molecular weight excluding hydrogens is 328 g/mol. The third-order valence-electron chi connectivity index (χ3n) is 4.11. The molecule has 2 N–H and O–H groups in total. The van der Waals surface area contributed by atoms with Crippen LogP contribution in [0.25, 0.3) is 0 Å². The van der Waals surface area contributed by atoms with Crippen LogP contribution in [-0.4, -0.2) is 42.1 Å². The molecule has 1 aliphatic rings. The summed E-state index contributed by atoms with van der Waals surface area (Å²) in [6.45, 7) is 0.642. The van der Waals surface area contributed by atoms with Gasteiger partial charge < -0.3 is 15.2 Å². The van der Waals surface area contributed by atoms with E-state index in [0.717, 1.165) is 31.3 Å². The minimum Gasteiger partial charge on any atom is -0.347 e. The number of carbonyl (C=O) groups is 1. The highest BCUT2D eigenvalue weighted by molar-refractivity contribution is 7.90. The first kappa shape index (κ1) is 16.5. The average molecular weight is 348 g/mol. The minimum atomic E-state index is -3.31. The average Bonchev–Trinajstić information content (AvgIpc) is 3.08. The molecule has 0 spiro atoms. The molecule has 1 saturated heterocycles. The first-order valence-electron chi connectivity index (χ1n) is 7.82. The van der Waals surface area contributed by atoms with Gasteiger partial charge in [0.1, 0.15) is 5.82 Å². The lowest BCUT2D eigenvalue weighted by molar-refractivity contribution is 0.160. The van der Waals surface area contributed by atoms with E-state index in [9.17, 15) is 13.2 Å². The summed E-state index contributed by atoms with van der Waals surface area (Å²) in [5, 5.41) is 2.80. The molecule has 128 valence electrons. The number of carbonyl (C=O) groups excluding carboxylic acids is 1. The Bertz CT molecular complexity index is 818. The molecule has 2 amide bonds. The highest BCUT2D eigenvalue weighted by Crippen LogP contribution is 2.29. The van der Waals surface area contributed by atoms with Gasteiger partial charge >= 0.3 is 6.03 Å². The first-order chi connectivity index (χ1) is 11.4. The van der Waals surface area contributed by atoms with Gasteiger partial charge in [-0.1, -0.05) is 6.07 Å². The molecule has 0 aliphatic carbocycles. The maximum Gasteiger partial charge on any atom is 0.322 e. The number of nitrogens with zero attached hydrogens (tertiary/aromatic N) is 2. The zero-order valence-corrected chi connectivity index (χ0v) is 14.2. The van der Waals surface area contributed by atoms with Crippen LogP contribution in [0.5, 0.6) is 0 Å². The van der Waals surface area contributed by atoms with Crippen molar-refractivity contribution in [2.45, 2.75) is 30.2 Å². The lowest BCUT2D eigenvalue weighted by atomic mass is 10.0. The van der Waals surface area contributed by atoms with Crippen LogP contribution >= 0.6 is 0 Å². The maximum atomic E-state index is 12.7. The molecular formula is C16H20N4O3S. The van der Waals surface area contributed by atoms with Crippen LogP contribution < -0.4 is 5.32 Å². The first-order valence-corrected chi connectivity index (χ1v) is 9.71. The number of imidazole rings is 1. The molecule has 0 unspecified atom stereocenters. The normalized spacial score (nSPS) is 18.4. The number of H-pyrrole nitrogens is 1. The number of nitrogens with one attached hydrogen (secondary N) is 2. The molecule has 8 heteroatoms. The summed E-state index contributed by atoms with van der Waals surface area (Å²) >= 11 is 0. The Hall–Kier alpha value is -2.35. The lowest BCUT2D eigenvalue weighted by Crippen LogP contribution is -2.41. The number of sulfone groups is 1. The minimum absolute atomic E-state index is 0.0909. The number of piperidine rings is 1. The molecule has 2 aromatic rings. The van der Waals surface area contributed by atoms with Gasteiger partial charge in [-0.15, -0.1) is 0 Å². The summed E-state index contributed by atoms with van der Waals surface area (Å²) in [6, 6.07) is 5.94. The predicted octanol–water partition coefficient (Wildman–Crippen LogP) is 2.57. The second-order valence-corrected chi connectivity index (χ2v) is 7.93. The number of hydrogen-bond acceptors (Lipinski definition) is 4. The van der Waals surface area contributed by atoms with E-state index in [1.807, 2.05) is 0 Å². The number of likely N-dealkylation sites (tertiary alicyclic amines) is 1. The number of urea groups is 1. The highest BCUT2D eigenvalue weighted by atomic mass is 32.2. The Kier molecular flexibility index (Phi) is 4.57. The van der Waals surface area contributed by atoms with E-state index in [-0.39, 0.29) is 17.0 Å². The van der Waals surface area contributed by atoms with Gasteiger partial charge in [-0.2, -0.15) is 0 Å². The summed E-state index contributed by atoms with van der Waals surface area (Å²) in [5.74, 6) is 0.773. The summed E-state index contributed by atoms with van der Waals surface area (Å²) < 4.78 is 23.3. The van der Waals surface area contributed by atoms with Crippen LogP contribution in [0, 0.1) is 0 Å². The Balaban J connectivity index is 1.78. The molecule has 1 aliphatic heterocycles.